The lowest BCUT2D eigenvalue weighted by atomic mass is 9.95. The quantitative estimate of drug-likeness (QED) is 0.612. The predicted octanol–water partition coefficient (Wildman–Crippen LogP) is 4.52. The minimum Gasteiger partial charge on any atom is -0.481 e. The molecule has 2 aliphatic rings. The summed E-state index contributed by atoms with van der Waals surface area (Å²) in [5.41, 5.74) is 6.35. The summed E-state index contributed by atoms with van der Waals surface area (Å²) in [5, 5.41) is 2.94. The monoisotopic (exact) mass is 455 g/mol. The van der Waals surface area contributed by atoms with Crippen LogP contribution in [-0.4, -0.2) is 48.3 Å². The van der Waals surface area contributed by atoms with Crippen molar-refractivity contribution >= 4 is 23.0 Å². The van der Waals surface area contributed by atoms with Gasteiger partial charge in [-0.1, -0.05) is 12.1 Å². The lowest BCUT2D eigenvalue weighted by Gasteiger charge is -2.28. The number of hydrogen-bond acceptors (Lipinski definition) is 6. The number of aryl methyl sites for hydroxylation is 1. The summed E-state index contributed by atoms with van der Waals surface area (Å²) in [5.74, 6) is 0.271. The van der Waals surface area contributed by atoms with Crippen LogP contribution in [0.1, 0.15) is 36.8 Å². The zero-order chi connectivity index (χ0) is 23.3. The molecule has 2 aliphatic heterocycles. The number of aliphatic imine (C=N–C) groups is 1. The van der Waals surface area contributed by atoms with Gasteiger partial charge in [0.15, 0.2) is 0 Å². The van der Waals surface area contributed by atoms with E-state index < -0.39 is 0 Å². The number of piperidine rings is 1. The molecule has 2 aromatic heterocycles. The molecular formula is C27H29N5O2. The van der Waals surface area contributed by atoms with Gasteiger partial charge in [0.05, 0.1) is 30.9 Å². The first-order valence-corrected chi connectivity index (χ1v) is 11.9. The zero-order valence-electron chi connectivity index (χ0n) is 19.5. The maximum atomic E-state index is 13.2. The van der Waals surface area contributed by atoms with Gasteiger partial charge in [-0.2, -0.15) is 0 Å². The third-order valence-corrected chi connectivity index (χ3v) is 6.44. The van der Waals surface area contributed by atoms with Crippen molar-refractivity contribution < 1.29 is 9.53 Å². The van der Waals surface area contributed by atoms with E-state index in [2.05, 4.69) is 49.4 Å². The van der Waals surface area contributed by atoms with Gasteiger partial charge in [-0.15, -0.1) is 0 Å². The summed E-state index contributed by atoms with van der Waals surface area (Å²) in [7, 11) is 1.56. The number of pyridine rings is 2. The number of nitrogens with zero attached hydrogens (tertiary/aromatic N) is 4. The molecule has 34 heavy (non-hydrogen) atoms. The van der Waals surface area contributed by atoms with E-state index in [1.165, 1.54) is 19.3 Å². The number of aromatic nitrogens is 2. The Balaban J connectivity index is 1.44. The number of hydrogen-bond donors (Lipinski definition) is 1. The van der Waals surface area contributed by atoms with Crippen molar-refractivity contribution in [1.29, 1.82) is 0 Å². The second-order valence-electron chi connectivity index (χ2n) is 8.73. The fourth-order valence-corrected chi connectivity index (χ4v) is 4.61. The van der Waals surface area contributed by atoms with Gasteiger partial charge in [0.1, 0.15) is 5.71 Å². The van der Waals surface area contributed by atoms with E-state index in [0.717, 1.165) is 53.9 Å². The summed E-state index contributed by atoms with van der Waals surface area (Å²) in [4.78, 5) is 29.0. The molecule has 1 aromatic carbocycles. The molecule has 0 atom stereocenters. The molecule has 0 aliphatic carbocycles. The first-order valence-electron chi connectivity index (χ1n) is 11.9. The van der Waals surface area contributed by atoms with Crippen molar-refractivity contribution in [3.05, 3.63) is 66.1 Å². The molecule has 5 rings (SSSR count). The van der Waals surface area contributed by atoms with Crippen molar-refractivity contribution in [1.82, 2.24) is 9.97 Å². The maximum Gasteiger partial charge on any atom is 0.274 e. The van der Waals surface area contributed by atoms with E-state index in [1.54, 1.807) is 25.4 Å². The van der Waals surface area contributed by atoms with Crippen LogP contribution >= 0.6 is 0 Å². The minimum absolute atomic E-state index is 0.229. The summed E-state index contributed by atoms with van der Waals surface area (Å²) in [6, 6.07) is 12.0. The lowest BCUT2D eigenvalue weighted by molar-refractivity contribution is -0.110. The molecule has 1 N–H and O–H groups in total. The fourth-order valence-electron chi connectivity index (χ4n) is 4.61. The van der Waals surface area contributed by atoms with Gasteiger partial charge < -0.3 is 15.0 Å². The molecule has 0 saturated carbocycles. The molecule has 0 spiro atoms. The Hall–Kier alpha value is -3.74. The van der Waals surface area contributed by atoms with Crippen LogP contribution in [0.25, 0.3) is 11.1 Å². The molecule has 7 heteroatoms. The average Bonchev–Trinajstić information content (AvgIpc) is 3.12. The first kappa shape index (κ1) is 22.1. The Morgan fingerprint density at radius 3 is 2.65 bits per heavy atom. The number of methoxy groups -OCH3 is 1. The number of ether oxygens (including phenoxy) is 1. The Morgan fingerprint density at radius 2 is 1.85 bits per heavy atom. The second kappa shape index (κ2) is 10.0. The van der Waals surface area contributed by atoms with Crippen LogP contribution in [0.5, 0.6) is 5.88 Å². The molecule has 1 amide bonds. The molecule has 7 nitrogen and oxygen atoms in total. The summed E-state index contributed by atoms with van der Waals surface area (Å²) >= 11 is 0. The number of rotatable bonds is 5. The number of carbonyl (C=O) groups is 1. The van der Waals surface area contributed by atoms with Gasteiger partial charge in [0.2, 0.25) is 5.88 Å². The highest BCUT2D eigenvalue weighted by molar-refractivity contribution is 6.49. The van der Waals surface area contributed by atoms with Gasteiger partial charge in [0, 0.05) is 43.0 Å². The standard InChI is InChI=1S/C27H29N5O2/c1-34-25-10-9-22(17-30-25)31-27(33)26-24-15-20(8-7-19(24)6-5-11-29-26)21-14-23(18-28-16-21)32-12-3-2-4-13-32/h7-10,14-18H,2-6,11-13H2,1H3,(H,31,33). The SMILES string of the molecule is COc1ccc(NC(=O)C2=NCCCc3ccc(-c4cncc(N5CCCCC5)c4)cc32)cn1. The Morgan fingerprint density at radius 1 is 0.971 bits per heavy atom. The largest absolute Gasteiger partial charge is 0.481 e. The maximum absolute atomic E-state index is 13.2. The van der Waals surface area contributed by atoms with Crippen LogP contribution in [0.2, 0.25) is 0 Å². The molecule has 1 fully saturated rings. The molecule has 4 heterocycles. The van der Waals surface area contributed by atoms with E-state index in [4.69, 9.17) is 4.74 Å². The van der Waals surface area contributed by atoms with Crippen LogP contribution in [-0.2, 0) is 11.2 Å². The van der Waals surface area contributed by atoms with Gasteiger partial charge in [-0.05, 0) is 61.4 Å². The number of carbonyl (C=O) groups excluding carboxylic acids is 1. The lowest BCUT2D eigenvalue weighted by Crippen LogP contribution is -2.29. The Bertz CT molecular complexity index is 1200. The van der Waals surface area contributed by atoms with Crippen molar-refractivity contribution in [2.24, 2.45) is 4.99 Å². The van der Waals surface area contributed by atoms with Crippen LogP contribution < -0.4 is 15.0 Å². The second-order valence-corrected chi connectivity index (χ2v) is 8.73. The fraction of sp³-hybridized carbons (Fsp3) is 0.333. The highest BCUT2D eigenvalue weighted by Crippen LogP contribution is 2.29. The average molecular weight is 456 g/mol. The summed E-state index contributed by atoms with van der Waals surface area (Å²) < 4.78 is 5.10. The molecule has 1 saturated heterocycles. The molecule has 0 bridgehead atoms. The Kier molecular flexibility index (Phi) is 6.51. The van der Waals surface area contributed by atoms with Gasteiger partial charge in [0.25, 0.3) is 5.91 Å². The third-order valence-electron chi connectivity index (χ3n) is 6.44. The highest BCUT2D eigenvalue weighted by Gasteiger charge is 2.21. The molecule has 0 unspecified atom stereocenters. The highest BCUT2D eigenvalue weighted by atomic mass is 16.5. The predicted molar refractivity (Wildman–Crippen MR) is 135 cm³/mol. The van der Waals surface area contributed by atoms with Crippen LogP contribution in [0.4, 0.5) is 11.4 Å². The van der Waals surface area contributed by atoms with Crippen LogP contribution in [0.15, 0.2) is 60.0 Å². The van der Waals surface area contributed by atoms with E-state index in [9.17, 15) is 4.79 Å². The molecular weight excluding hydrogens is 426 g/mol. The first-order chi connectivity index (χ1) is 16.7. The van der Waals surface area contributed by atoms with E-state index in [1.807, 2.05) is 12.4 Å². The van der Waals surface area contributed by atoms with E-state index in [-0.39, 0.29) is 5.91 Å². The smallest absolute Gasteiger partial charge is 0.274 e. The normalized spacial score (nSPS) is 15.7. The topological polar surface area (TPSA) is 79.7 Å². The molecule has 174 valence electrons. The van der Waals surface area contributed by atoms with Crippen molar-refractivity contribution in [2.45, 2.75) is 32.1 Å². The molecule has 3 aromatic rings. The van der Waals surface area contributed by atoms with Crippen molar-refractivity contribution in [3.8, 4) is 17.0 Å². The minimum atomic E-state index is -0.229. The van der Waals surface area contributed by atoms with Gasteiger partial charge >= 0.3 is 0 Å². The number of amides is 1. The van der Waals surface area contributed by atoms with Crippen molar-refractivity contribution in [3.63, 3.8) is 0 Å². The number of nitrogens with one attached hydrogen (secondary N) is 1. The van der Waals surface area contributed by atoms with Gasteiger partial charge in [-0.3, -0.25) is 14.8 Å². The van der Waals surface area contributed by atoms with Crippen molar-refractivity contribution in [2.75, 3.05) is 37.0 Å². The number of anilines is 2. The summed E-state index contributed by atoms with van der Waals surface area (Å²) in [6.07, 6.45) is 11.0. The van der Waals surface area contributed by atoms with Gasteiger partial charge in [-0.25, -0.2) is 4.98 Å². The van der Waals surface area contributed by atoms with Crippen LogP contribution in [0.3, 0.4) is 0 Å². The van der Waals surface area contributed by atoms with E-state index >= 15 is 0 Å². The number of fused-ring (bicyclic) bond motifs is 1. The third kappa shape index (κ3) is 4.78. The number of benzene rings is 1. The van der Waals surface area contributed by atoms with Crippen LogP contribution in [0, 0.1) is 0 Å². The van der Waals surface area contributed by atoms with E-state index in [0.29, 0.717) is 23.8 Å². The zero-order valence-corrected chi connectivity index (χ0v) is 19.5. The summed E-state index contributed by atoms with van der Waals surface area (Å²) in [6.45, 7) is 2.78. The Labute approximate surface area is 199 Å². The molecule has 0 radical (unpaired) electrons.